The van der Waals surface area contributed by atoms with Crippen molar-refractivity contribution >= 4 is 28.5 Å². The molecule has 0 saturated heterocycles. The van der Waals surface area contributed by atoms with Gasteiger partial charge < -0.3 is 13.9 Å². The maximum absolute atomic E-state index is 13.8. The summed E-state index contributed by atoms with van der Waals surface area (Å²) in [5.41, 5.74) is 2.92. The Hall–Kier alpha value is -3.65. The molecule has 9 heteroatoms. The van der Waals surface area contributed by atoms with Crippen molar-refractivity contribution in [3.8, 4) is 5.69 Å². The summed E-state index contributed by atoms with van der Waals surface area (Å²) in [5.74, 6) is -0.890. The summed E-state index contributed by atoms with van der Waals surface area (Å²) in [5, 5.41) is 0.605. The SMILES string of the molecule is CC1=CCn2c(ccc(-n3cnc(C)c3)c2=O)C(=O)N1C(C)c1coc2cc(F)c(Cl)cc12. The van der Waals surface area contributed by atoms with Crippen molar-refractivity contribution in [2.45, 2.75) is 33.4 Å². The molecule has 1 aliphatic heterocycles. The first kappa shape index (κ1) is 21.2. The average Bonchev–Trinajstić information content (AvgIpc) is 3.35. The van der Waals surface area contributed by atoms with Gasteiger partial charge in [0.15, 0.2) is 0 Å². The molecule has 1 aromatic carbocycles. The Kier molecular flexibility index (Phi) is 4.97. The number of pyridine rings is 1. The number of benzene rings is 1. The van der Waals surface area contributed by atoms with Crippen molar-refractivity contribution in [2.24, 2.45) is 0 Å². The van der Waals surface area contributed by atoms with Gasteiger partial charge in [0.05, 0.1) is 29.3 Å². The molecule has 7 nitrogen and oxygen atoms in total. The number of amides is 1. The molecular weight excluding hydrogens is 447 g/mol. The van der Waals surface area contributed by atoms with Crippen molar-refractivity contribution in [3.05, 3.63) is 93.0 Å². The van der Waals surface area contributed by atoms with Gasteiger partial charge in [-0.3, -0.25) is 14.2 Å². The Balaban J connectivity index is 1.59. The number of imidazole rings is 1. The van der Waals surface area contributed by atoms with E-state index in [1.54, 1.807) is 34.1 Å². The number of rotatable bonds is 3. The van der Waals surface area contributed by atoms with Crippen molar-refractivity contribution in [1.29, 1.82) is 0 Å². The van der Waals surface area contributed by atoms with Gasteiger partial charge in [0.1, 0.15) is 22.8 Å². The number of hydrogen-bond donors (Lipinski definition) is 0. The van der Waals surface area contributed by atoms with Crippen LogP contribution in [0.15, 0.2) is 64.0 Å². The molecule has 0 spiro atoms. The summed E-state index contributed by atoms with van der Waals surface area (Å²) in [6.45, 7) is 5.76. The van der Waals surface area contributed by atoms with Crippen LogP contribution in [-0.4, -0.2) is 24.9 Å². The number of aromatic nitrogens is 3. The maximum Gasteiger partial charge on any atom is 0.275 e. The molecule has 4 aromatic rings. The summed E-state index contributed by atoms with van der Waals surface area (Å²) in [4.78, 5) is 32.7. The number of carbonyl (C=O) groups excluding carboxylic acids is 1. The third-order valence-corrected chi connectivity index (χ3v) is 6.30. The highest BCUT2D eigenvalue weighted by Gasteiger charge is 2.31. The predicted octanol–water partition coefficient (Wildman–Crippen LogP) is 5.00. The lowest BCUT2D eigenvalue weighted by atomic mass is 10.0. The fourth-order valence-electron chi connectivity index (χ4n) is 4.28. The van der Waals surface area contributed by atoms with Crippen molar-refractivity contribution in [3.63, 3.8) is 0 Å². The van der Waals surface area contributed by atoms with E-state index in [0.717, 1.165) is 5.69 Å². The van der Waals surface area contributed by atoms with E-state index in [1.807, 2.05) is 26.8 Å². The van der Waals surface area contributed by atoms with Crippen molar-refractivity contribution in [1.82, 2.24) is 19.0 Å². The van der Waals surface area contributed by atoms with E-state index in [2.05, 4.69) is 4.98 Å². The Bertz CT molecular complexity index is 1510. The molecule has 5 rings (SSSR count). The Labute approximate surface area is 193 Å². The first-order valence-corrected chi connectivity index (χ1v) is 10.8. The second-order valence-electron chi connectivity index (χ2n) is 8.09. The average molecular weight is 467 g/mol. The molecule has 1 amide bonds. The third kappa shape index (κ3) is 3.38. The van der Waals surface area contributed by atoms with E-state index in [1.165, 1.54) is 23.0 Å². The molecule has 0 saturated carbocycles. The molecule has 3 aromatic heterocycles. The quantitative estimate of drug-likeness (QED) is 0.426. The monoisotopic (exact) mass is 466 g/mol. The molecule has 0 radical (unpaired) electrons. The van der Waals surface area contributed by atoms with Crippen molar-refractivity contribution in [2.75, 3.05) is 0 Å². The highest BCUT2D eigenvalue weighted by Crippen LogP contribution is 2.35. The van der Waals surface area contributed by atoms with Crippen LogP contribution in [0.4, 0.5) is 4.39 Å². The summed E-state index contributed by atoms with van der Waals surface area (Å²) in [7, 11) is 0. The van der Waals surface area contributed by atoms with Crippen LogP contribution in [0.3, 0.4) is 0 Å². The summed E-state index contributed by atoms with van der Waals surface area (Å²) < 4.78 is 22.5. The highest BCUT2D eigenvalue weighted by atomic mass is 35.5. The van der Waals surface area contributed by atoms with Crippen LogP contribution in [0.5, 0.6) is 0 Å². The lowest BCUT2D eigenvalue weighted by Crippen LogP contribution is -2.35. The molecule has 0 bridgehead atoms. The fourth-order valence-corrected chi connectivity index (χ4v) is 4.44. The van der Waals surface area contributed by atoms with Gasteiger partial charge in [-0.2, -0.15) is 0 Å². The van der Waals surface area contributed by atoms with E-state index in [9.17, 15) is 14.0 Å². The second-order valence-corrected chi connectivity index (χ2v) is 8.50. The molecule has 0 fully saturated rings. The van der Waals surface area contributed by atoms with E-state index in [4.69, 9.17) is 16.0 Å². The van der Waals surface area contributed by atoms with Crippen LogP contribution in [0.2, 0.25) is 5.02 Å². The number of halogens is 2. The van der Waals surface area contributed by atoms with Gasteiger partial charge in [0.2, 0.25) is 0 Å². The zero-order valence-corrected chi connectivity index (χ0v) is 18.9. The molecule has 0 aliphatic carbocycles. The minimum atomic E-state index is -0.572. The molecular formula is C24H20ClFN4O3. The maximum atomic E-state index is 13.8. The van der Waals surface area contributed by atoms with Crippen LogP contribution >= 0.6 is 11.6 Å². The molecule has 33 heavy (non-hydrogen) atoms. The zero-order valence-electron chi connectivity index (χ0n) is 18.2. The van der Waals surface area contributed by atoms with E-state index in [-0.39, 0.29) is 28.7 Å². The van der Waals surface area contributed by atoms with Gasteiger partial charge in [-0.1, -0.05) is 11.6 Å². The predicted molar refractivity (Wildman–Crippen MR) is 122 cm³/mol. The number of carbonyl (C=O) groups is 1. The van der Waals surface area contributed by atoms with Gasteiger partial charge in [-0.25, -0.2) is 9.37 Å². The minimum absolute atomic E-state index is 0.0222. The molecule has 0 N–H and O–H groups in total. The van der Waals surface area contributed by atoms with E-state index < -0.39 is 11.9 Å². The normalized spacial score (nSPS) is 14.9. The molecule has 1 unspecified atom stereocenters. The third-order valence-electron chi connectivity index (χ3n) is 6.01. The van der Waals surface area contributed by atoms with Crippen LogP contribution in [0.25, 0.3) is 16.7 Å². The highest BCUT2D eigenvalue weighted by molar-refractivity contribution is 6.31. The fraction of sp³-hybridized carbons (Fsp3) is 0.208. The lowest BCUT2D eigenvalue weighted by molar-refractivity contribution is 0.0751. The Morgan fingerprint density at radius 2 is 2.00 bits per heavy atom. The molecule has 1 aliphatic rings. The molecule has 168 valence electrons. The lowest BCUT2D eigenvalue weighted by Gasteiger charge is -2.29. The first-order chi connectivity index (χ1) is 15.8. The van der Waals surface area contributed by atoms with Gasteiger partial charge in [-0.05, 0) is 45.0 Å². The van der Waals surface area contributed by atoms with Gasteiger partial charge in [-0.15, -0.1) is 0 Å². The second kappa shape index (κ2) is 7.74. The number of aryl methyl sites for hydroxylation is 1. The summed E-state index contributed by atoms with van der Waals surface area (Å²) >= 11 is 5.99. The smallest absolute Gasteiger partial charge is 0.275 e. The van der Waals surface area contributed by atoms with Crippen LogP contribution in [0, 0.1) is 12.7 Å². The van der Waals surface area contributed by atoms with E-state index >= 15 is 0 Å². The zero-order chi connectivity index (χ0) is 23.4. The number of furan rings is 1. The molecule has 4 heterocycles. The Morgan fingerprint density at radius 1 is 1.21 bits per heavy atom. The number of hydrogen-bond acceptors (Lipinski definition) is 4. The summed E-state index contributed by atoms with van der Waals surface area (Å²) in [6, 6.07) is 5.57. The largest absolute Gasteiger partial charge is 0.464 e. The van der Waals surface area contributed by atoms with E-state index in [0.29, 0.717) is 27.9 Å². The van der Waals surface area contributed by atoms with Gasteiger partial charge in [0.25, 0.3) is 11.5 Å². The van der Waals surface area contributed by atoms with Gasteiger partial charge >= 0.3 is 0 Å². The Morgan fingerprint density at radius 3 is 2.73 bits per heavy atom. The van der Waals surface area contributed by atoms with Gasteiger partial charge in [0, 0.05) is 35.5 Å². The van der Waals surface area contributed by atoms with Crippen LogP contribution in [-0.2, 0) is 6.54 Å². The molecule has 1 atom stereocenters. The van der Waals surface area contributed by atoms with Crippen LogP contribution in [0.1, 0.15) is 41.6 Å². The number of fused-ring (bicyclic) bond motifs is 2. The van der Waals surface area contributed by atoms with Crippen molar-refractivity contribution < 1.29 is 13.6 Å². The summed E-state index contributed by atoms with van der Waals surface area (Å²) in [6.07, 6.45) is 6.68. The minimum Gasteiger partial charge on any atom is -0.464 e. The topological polar surface area (TPSA) is 73.3 Å². The first-order valence-electron chi connectivity index (χ1n) is 10.4. The standard InChI is InChI=1S/C24H20ClFN4O3/c1-13-10-28(12-27-13)20-4-5-21-24(32)30(14(2)6-7-29(21)23(20)31)15(3)17-11-33-22-9-19(26)18(25)8-16(17)22/h4-6,8-12,15H,7H2,1-3H3. The number of nitrogens with zero attached hydrogens (tertiary/aromatic N) is 4. The van der Waals surface area contributed by atoms with Crippen LogP contribution < -0.4 is 5.56 Å². The number of allylic oxidation sites excluding steroid dienone is 2.